The molecule has 2 aromatic rings. The summed E-state index contributed by atoms with van der Waals surface area (Å²) in [5.41, 5.74) is 0.551. The lowest BCUT2D eigenvalue weighted by molar-refractivity contribution is -0.385. The van der Waals surface area contributed by atoms with Crippen LogP contribution >= 0.6 is 0 Å². The van der Waals surface area contributed by atoms with Gasteiger partial charge in [0.1, 0.15) is 12.4 Å². The molecule has 0 aliphatic carbocycles. The molecular formula is C20H23N3O7S. The van der Waals surface area contributed by atoms with E-state index in [0.29, 0.717) is 37.6 Å². The normalized spacial score (nSPS) is 14.7. The lowest BCUT2D eigenvalue weighted by Gasteiger charge is -2.26. The molecule has 1 aliphatic heterocycles. The second-order valence-corrected chi connectivity index (χ2v) is 8.79. The van der Waals surface area contributed by atoms with Crippen molar-refractivity contribution in [2.75, 3.05) is 39.5 Å². The van der Waals surface area contributed by atoms with Crippen molar-refractivity contribution < 1.29 is 27.6 Å². The zero-order valence-corrected chi connectivity index (χ0v) is 17.8. The summed E-state index contributed by atoms with van der Waals surface area (Å²) in [5, 5.41) is 13.6. The molecule has 1 N–H and O–H groups in total. The number of aryl methyl sites for hydroxylation is 1. The summed E-state index contributed by atoms with van der Waals surface area (Å²) in [4.78, 5) is 22.8. The summed E-state index contributed by atoms with van der Waals surface area (Å²) < 4.78 is 37.3. The van der Waals surface area contributed by atoms with Gasteiger partial charge in [-0.1, -0.05) is 6.07 Å². The van der Waals surface area contributed by atoms with Crippen LogP contribution in [0.1, 0.15) is 15.9 Å². The summed E-state index contributed by atoms with van der Waals surface area (Å²) in [5.74, 6) is 0.0137. The van der Waals surface area contributed by atoms with Crippen molar-refractivity contribution >= 4 is 21.6 Å². The number of hydrogen-bond donors (Lipinski definition) is 1. The largest absolute Gasteiger partial charge is 0.492 e. The fraction of sp³-hybridized carbons (Fsp3) is 0.350. The Labute approximate surface area is 180 Å². The SMILES string of the molecule is Cc1ccc(C(=O)NCCOc2ccc(S(=O)(=O)N3CCOCC3)cc2)cc1[N+](=O)[O-]. The van der Waals surface area contributed by atoms with E-state index in [2.05, 4.69) is 5.32 Å². The van der Waals surface area contributed by atoms with E-state index < -0.39 is 20.9 Å². The molecule has 0 spiro atoms. The third-order valence-electron chi connectivity index (χ3n) is 4.76. The number of carbonyl (C=O) groups excluding carboxylic acids is 1. The molecule has 1 amide bonds. The molecule has 10 nitrogen and oxygen atoms in total. The van der Waals surface area contributed by atoms with Crippen LogP contribution in [0, 0.1) is 17.0 Å². The van der Waals surface area contributed by atoms with Gasteiger partial charge in [-0.15, -0.1) is 0 Å². The number of nitro groups is 1. The number of nitro benzene ring substituents is 1. The quantitative estimate of drug-likeness (QED) is 0.369. The molecule has 0 atom stereocenters. The zero-order chi connectivity index (χ0) is 22.4. The minimum atomic E-state index is -3.57. The number of ether oxygens (including phenoxy) is 2. The van der Waals surface area contributed by atoms with Gasteiger partial charge in [0.05, 0.1) is 29.6 Å². The van der Waals surface area contributed by atoms with Crippen LogP contribution in [0.3, 0.4) is 0 Å². The van der Waals surface area contributed by atoms with Gasteiger partial charge in [0.15, 0.2) is 0 Å². The first-order chi connectivity index (χ1) is 14.8. The number of sulfonamides is 1. The minimum absolute atomic E-state index is 0.115. The molecular weight excluding hydrogens is 426 g/mol. The Bertz CT molecular complexity index is 1050. The van der Waals surface area contributed by atoms with Crippen molar-refractivity contribution in [3.63, 3.8) is 0 Å². The number of amides is 1. The molecule has 0 saturated carbocycles. The topological polar surface area (TPSA) is 128 Å². The zero-order valence-electron chi connectivity index (χ0n) is 16.9. The molecule has 1 saturated heterocycles. The first kappa shape index (κ1) is 22.7. The predicted octanol–water partition coefficient (Wildman–Crippen LogP) is 1.73. The Morgan fingerprint density at radius 3 is 2.52 bits per heavy atom. The van der Waals surface area contributed by atoms with Crippen molar-refractivity contribution in [3.8, 4) is 5.75 Å². The van der Waals surface area contributed by atoms with Crippen LogP contribution in [0.4, 0.5) is 5.69 Å². The predicted molar refractivity (Wildman–Crippen MR) is 112 cm³/mol. The van der Waals surface area contributed by atoms with E-state index in [0.717, 1.165) is 0 Å². The van der Waals surface area contributed by atoms with Gasteiger partial charge >= 0.3 is 0 Å². The van der Waals surface area contributed by atoms with E-state index >= 15 is 0 Å². The Hall–Kier alpha value is -3.02. The molecule has 3 rings (SSSR count). The molecule has 31 heavy (non-hydrogen) atoms. The highest BCUT2D eigenvalue weighted by Gasteiger charge is 2.26. The molecule has 0 bridgehead atoms. The van der Waals surface area contributed by atoms with Crippen LogP contribution in [0.25, 0.3) is 0 Å². The molecule has 0 aromatic heterocycles. The summed E-state index contributed by atoms with van der Waals surface area (Å²) in [6.45, 7) is 3.33. The number of carbonyl (C=O) groups is 1. The molecule has 1 heterocycles. The van der Waals surface area contributed by atoms with Crippen LogP contribution in [-0.4, -0.2) is 63.0 Å². The highest BCUT2D eigenvalue weighted by atomic mass is 32.2. The van der Waals surface area contributed by atoms with E-state index in [1.165, 1.54) is 34.6 Å². The van der Waals surface area contributed by atoms with E-state index in [-0.39, 0.29) is 29.3 Å². The Kier molecular flexibility index (Phi) is 7.21. The van der Waals surface area contributed by atoms with Gasteiger partial charge in [-0.25, -0.2) is 8.42 Å². The molecule has 0 unspecified atom stereocenters. The van der Waals surface area contributed by atoms with Gasteiger partial charge in [-0.05, 0) is 37.3 Å². The maximum atomic E-state index is 12.6. The highest BCUT2D eigenvalue weighted by molar-refractivity contribution is 7.89. The maximum Gasteiger partial charge on any atom is 0.273 e. The number of nitrogens with one attached hydrogen (secondary N) is 1. The molecule has 0 radical (unpaired) electrons. The second kappa shape index (κ2) is 9.86. The fourth-order valence-electron chi connectivity index (χ4n) is 3.03. The summed E-state index contributed by atoms with van der Waals surface area (Å²) in [6, 6.07) is 10.3. The van der Waals surface area contributed by atoms with Crippen LogP contribution in [0.2, 0.25) is 0 Å². The molecule has 166 valence electrons. The van der Waals surface area contributed by atoms with Crippen LogP contribution in [-0.2, 0) is 14.8 Å². The minimum Gasteiger partial charge on any atom is -0.492 e. The van der Waals surface area contributed by atoms with Gasteiger partial charge in [0, 0.05) is 30.3 Å². The maximum absolute atomic E-state index is 12.6. The van der Waals surface area contributed by atoms with Crippen molar-refractivity contribution in [2.45, 2.75) is 11.8 Å². The number of nitrogens with zero attached hydrogens (tertiary/aromatic N) is 2. The smallest absolute Gasteiger partial charge is 0.273 e. The van der Waals surface area contributed by atoms with E-state index in [1.807, 2.05) is 0 Å². The van der Waals surface area contributed by atoms with Crippen LogP contribution in [0.15, 0.2) is 47.4 Å². The van der Waals surface area contributed by atoms with Crippen LogP contribution in [0.5, 0.6) is 5.75 Å². The first-order valence-electron chi connectivity index (χ1n) is 9.63. The summed E-state index contributed by atoms with van der Waals surface area (Å²) >= 11 is 0. The van der Waals surface area contributed by atoms with Gasteiger partial charge < -0.3 is 14.8 Å². The summed E-state index contributed by atoms with van der Waals surface area (Å²) in [6.07, 6.45) is 0. The monoisotopic (exact) mass is 449 g/mol. The third kappa shape index (κ3) is 5.57. The van der Waals surface area contributed by atoms with Gasteiger partial charge in [-0.3, -0.25) is 14.9 Å². The Morgan fingerprint density at radius 2 is 1.87 bits per heavy atom. The average Bonchev–Trinajstić information content (AvgIpc) is 2.77. The van der Waals surface area contributed by atoms with Crippen molar-refractivity contribution in [1.29, 1.82) is 0 Å². The molecule has 2 aromatic carbocycles. The molecule has 1 fully saturated rings. The van der Waals surface area contributed by atoms with E-state index in [4.69, 9.17) is 9.47 Å². The fourth-order valence-corrected chi connectivity index (χ4v) is 4.43. The number of rotatable bonds is 8. The number of morpholine rings is 1. The van der Waals surface area contributed by atoms with Crippen molar-refractivity contribution in [1.82, 2.24) is 9.62 Å². The first-order valence-corrected chi connectivity index (χ1v) is 11.1. The number of hydrogen-bond acceptors (Lipinski definition) is 7. The summed E-state index contributed by atoms with van der Waals surface area (Å²) in [7, 11) is -3.57. The van der Waals surface area contributed by atoms with Crippen molar-refractivity contribution in [2.24, 2.45) is 0 Å². The highest BCUT2D eigenvalue weighted by Crippen LogP contribution is 2.21. The lowest BCUT2D eigenvalue weighted by Crippen LogP contribution is -2.40. The third-order valence-corrected chi connectivity index (χ3v) is 6.67. The van der Waals surface area contributed by atoms with Gasteiger partial charge in [-0.2, -0.15) is 4.31 Å². The molecule has 1 aliphatic rings. The van der Waals surface area contributed by atoms with E-state index in [9.17, 15) is 23.3 Å². The van der Waals surface area contributed by atoms with Gasteiger partial charge in [0.2, 0.25) is 10.0 Å². The van der Waals surface area contributed by atoms with E-state index in [1.54, 1.807) is 19.1 Å². The lowest BCUT2D eigenvalue weighted by atomic mass is 10.1. The Morgan fingerprint density at radius 1 is 1.19 bits per heavy atom. The number of benzene rings is 2. The Balaban J connectivity index is 1.50. The molecule has 11 heteroatoms. The van der Waals surface area contributed by atoms with Crippen LogP contribution < -0.4 is 10.1 Å². The standard InChI is InChI=1S/C20H23N3O7S/c1-15-2-3-16(14-19(15)23(25)26)20(24)21-8-11-30-17-4-6-18(7-5-17)31(27,28)22-9-12-29-13-10-22/h2-7,14H,8-13H2,1H3,(H,21,24). The second-order valence-electron chi connectivity index (χ2n) is 6.85. The van der Waals surface area contributed by atoms with Gasteiger partial charge in [0.25, 0.3) is 11.6 Å². The average molecular weight is 449 g/mol. The van der Waals surface area contributed by atoms with Crippen molar-refractivity contribution in [3.05, 3.63) is 63.7 Å².